The Balaban J connectivity index is 2.09. The number of alkyl halides is 3. The number of rotatable bonds is 4. The number of amides is 1. The lowest BCUT2D eigenvalue weighted by Crippen LogP contribution is -2.25. The van der Waals surface area contributed by atoms with Crippen molar-refractivity contribution in [2.24, 2.45) is 5.10 Å². The highest BCUT2D eigenvalue weighted by atomic mass is 19.4. The van der Waals surface area contributed by atoms with Crippen molar-refractivity contribution < 1.29 is 27.5 Å². The third kappa shape index (κ3) is 3.80. The average molecular weight is 388 g/mol. The van der Waals surface area contributed by atoms with Crippen molar-refractivity contribution in [1.82, 2.24) is 0 Å². The van der Waals surface area contributed by atoms with E-state index in [9.17, 15) is 22.8 Å². The van der Waals surface area contributed by atoms with Gasteiger partial charge in [0.25, 0.3) is 5.91 Å². The third-order valence-electron chi connectivity index (χ3n) is 3.90. The number of benzene rings is 2. The lowest BCUT2D eigenvalue weighted by Gasteiger charge is -2.11. The Labute approximate surface area is 158 Å². The van der Waals surface area contributed by atoms with Crippen LogP contribution in [0.1, 0.15) is 22.8 Å². The normalized spacial score (nSPS) is 15.7. The first-order chi connectivity index (χ1) is 13.3. The molecule has 5 nitrogen and oxygen atoms in total. The lowest BCUT2D eigenvalue weighted by atomic mass is 10.0. The minimum atomic E-state index is -4.84. The summed E-state index contributed by atoms with van der Waals surface area (Å²) in [5.74, 6) is -1.62. The van der Waals surface area contributed by atoms with E-state index >= 15 is 0 Å². The van der Waals surface area contributed by atoms with Crippen LogP contribution in [0.3, 0.4) is 0 Å². The quantitative estimate of drug-likeness (QED) is 0.582. The van der Waals surface area contributed by atoms with E-state index in [1.165, 1.54) is 24.3 Å². The fraction of sp³-hybridized carbons (Fsp3) is 0.150. The van der Waals surface area contributed by atoms with Gasteiger partial charge in [-0.25, -0.2) is 4.79 Å². The summed E-state index contributed by atoms with van der Waals surface area (Å²) in [4.78, 5) is 24.8. The van der Waals surface area contributed by atoms with Crippen LogP contribution in [0.25, 0.3) is 6.08 Å². The van der Waals surface area contributed by atoms with Crippen molar-refractivity contribution in [2.45, 2.75) is 13.1 Å². The topological polar surface area (TPSA) is 59.0 Å². The van der Waals surface area contributed by atoms with Gasteiger partial charge >= 0.3 is 12.1 Å². The number of hydrogen-bond donors (Lipinski definition) is 0. The second kappa shape index (κ2) is 7.67. The number of ether oxygens (including phenoxy) is 1. The SMILES string of the molecule is CCOC(=O)c1ccccc1/C=C1\C(=O)N(c2ccccc2)N=C1C(F)(F)F. The van der Waals surface area contributed by atoms with Crippen LogP contribution in [0.2, 0.25) is 0 Å². The molecule has 1 aliphatic heterocycles. The summed E-state index contributed by atoms with van der Waals surface area (Å²) in [6.45, 7) is 1.73. The van der Waals surface area contributed by atoms with Crippen LogP contribution in [-0.2, 0) is 9.53 Å². The Morgan fingerprint density at radius 2 is 1.75 bits per heavy atom. The minimum absolute atomic E-state index is 0.0596. The van der Waals surface area contributed by atoms with E-state index in [0.717, 1.165) is 6.08 Å². The van der Waals surface area contributed by atoms with Crippen molar-refractivity contribution in [3.05, 3.63) is 71.3 Å². The van der Waals surface area contributed by atoms with Crippen molar-refractivity contribution in [3.63, 3.8) is 0 Å². The van der Waals surface area contributed by atoms with E-state index < -0.39 is 29.3 Å². The van der Waals surface area contributed by atoms with Crippen molar-refractivity contribution in [1.29, 1.82) is 0 Å². The molecular weight excluding hydrogens is 373 g/mol. The van der Waals surface area contributed by atoms with Gasteiger partial charge in [-0.1, -0.05) is 36.4 Å². The number of para-hydroxylation sites is 1. The highest BCUT2D eigenvalue weighted by Gasteiger charge is 2.46. The maximum atomic E-state index is 13.5. The first-order valence-electron chi connectivity index (χ1n) is 8.36. The molecule has 0 aromatic heterocycles. The summed E-state index contributed by atoms with van der Waals surface area (Å²) in [5, 5.41) is 4.19. The Bertz CT molecular complexity index is 966. The molecule has 1 amide bonds. The van der Waals surface area contributed by atoms with Crippen molar-refractivity contribution in [3.8, 4) is 0 Å². The molecule has 0 radical (unpaired) electrons. The molecule has 0 bridgehead atoms. The van der Waals surface area contributed by atoms with E-state index in [0.29, 0.717) is 5.01 Å². The fourth-order valence-electron chi connectivity index (χ4n) is 2.67. The van der Waals surface area contributed by atoms with E-state index in [1.54, 1.807) is 37.3 Å². The maximum absolute atomic E-state index is 13.5. The van der Waals surface area contributed by atoms with E-state index in [-0.39, 0.29) is 23.4 Å². The van der Waals surface area contributed by atoms with Crippen LogP contribution in [0.15, 0.2) is 65.3 Å². The van der Waals surface area contributed by atoms with Crippen molar-refractivity contribution >= 4 is 29.4 Å². The van der Waals surface area contributed by atoms with Crippen LogP contribution in [-0.4, -0.2) is 30.4 Å². The summed E-state index contributed by atoms with van der Waals surface area (Å²) >= 11 is 0. The highest BCUT2D eigenvalue weighted by Crippen LogP contribution is 2.32. The molecule has 0 unspecified atom stereocenters. The molecule has 0 fully saturated rings. The second-order valence-corrected chi connectivity index (χ2v) is 5.76. The Hall–Kier alpha value is -3.42. The predicted octanol–water partition coefficient (Wildman–Crippen LogP) is 4.21. The standard InChI is InChI=1S/C20H15F3N2O3/c1-2-28-19(27)15-11-7-6-8-13(15)12-16-17(20(21,22)23)24-25(18(16)26)14-9-4-3-5-10-14/h3-12H,2H2,1H3/b16-12-. The number of esters is 1. The van der Waals surface area contributed by atoms with Gasteiger partial charge in [-0.2, -0.15) is 23.3 Å². The van der Waals surface area contributed by atoms with Gasteiger partial charge in [0.1, 0.15) is 0 Å². The number of hydrogen-bond acceptors (Lipinski definition) is 4. The minimum Gasteiger partial charge on any atom is -0.462 e. The summed E-state index contributed by atoms with van der Waals surface area (Å²) in [7, 11) is 0. The molecule has 1 aliphatic rings. The Kier molecular flexibility index (Phi) is 5.30. The monoisotopic (exact) mass is 388 g/mol. The molecule has 1 heterocycles. The van der Waals surface area contributed by atoms with Gasteiger partial charge in [-0.15, -0.1) is 0 Å². The lowest BCUT2D eigenvalue weighted by molar-refractivity contribution is -0.114. The zero-order valence-corrected chi connectivity index (χ0v) is 14.7. The van der Waals surface area contributed by atoms with Gasteiger partial charge in [0, 0.05) is 0 Å². The van der Waals surface area contributed by atoms with Gasteiger partial charge in [-0.05, 0) is 36.8 Å². The number of halogens is 3. The molecule has 0 N–H and O–H groups in total. The maximum Gasteiger partial charge on any atom is 0.435 e. The van der Waals surface area contributed by atoms with Gasteiger partial charge in [0.05, 0.1) is 23.4 Å². The van der Waals surface area contributed by atoms with Crippen molar-refractivity contribution in [2.75, 3.05) is 11.6 Å². The summed E-state index contributed by atoms with van der Waals surface area (Å²) in [6, 6.07) is 13.8. The number of anilines is 1. The van der Waals surface area contributed by atoms with Crippen LogP contribution < -0.4 is 5.01 Å². The first-order valence-corrected chi connectivity index (χ1v) is 8.36. The van der Waals surface area contributed by atoms with Gasteiger partial charge < -0.3 is 4.74 Å². The number of hydrazone groups is 1. The first kappa shape index (κ1) is 19.3. The summed E-state index contributed by atoms with van der Waals surface area (Å²) < 4.78 is 45.5. The van der Waals surface area contributed by atoms with E-state index in [1.807, 2.05) is 0 Å². The Morgan fingerprint density at radius 1 is 1.11 bits per heavy atom. The van der Waals surface area contributed by atoms with Crippen LogP contribution in [0, 0.1) is 0 Å². The van der Waals surface area contributed by atoms with Gasteiger partial charge in [0.2, 0.25) is 0 Å². The predicted molar refractivity (Wildman–Crippen MR) is 97.8 cm³/mol. The summed E-state index contributed by atoms with van der Waals surface area (Å²) in [6.07, 6.45) is -3.83. The molecule has 0 saturated carbocycles. The number of nitrogens with zero attached hydrogens (tertiary/aromatic N) is 2. The molecule has 0 atom stereocenters. The molecule has 0 aliphatic carbocycles. The zero-order chi connectivity index (χ0) is 20.3. The molecule has 3 rings (SSSR count). The number of carbonyl (C=O) groups excluding carboxylic acids is 2. The van der Waals surface area contributed by atoms with Crippen LogP contribution in [0.4, 0.5) is 18.9 Å². The highest BCUT2D eigenvalue weighted by molar-refractivity contribution is 6.34. The smallest absolute Gasteiger partial charge is 0.435 e. The molecule has 28 heavy (non-hydrogen) atoms. The molecular formula is C20H15F3N2O3. The molecule has 8 heteroatoms. The van der Waals surface area contributed by atoms with Crippen LogP contribution >= 0.6 is 0 Å². The third-order valence-corrected chi connectivity index (χ3v) is 3.90. The Morgan fingerprint density at radius 3 is 2.39 bits per heavy atom. The van der Waals surface area contributed by atoms with E-state index in [4.69, 9.17) is 4.74 Å². The van der Waals surface area contributed by atoms with Gasteiger partial charge in [0.15, 0.2) is 5.71 Å². The molecule has 0 spiro atoms. The fourth-order valence-corrected chi connectivity index (χ4v) is 2.67. The van der Waals surface area contributed by atoms with E-state index in [2.05, 4.69) is 5.10 Å². The second-order valence-electron chi connectivity index (χ2n) is 5.76. The largest absolute Gasteiger partial charge is 0.462 e. The van der Waals surface area contributed by atoms with Crippen LogP contribution in [0.5, 0.6) is 0 Å². The molecule has 2 aromatic carbocycles. The summed E-state index contributed by atoms with van der Waals surface area (Å²) in [5.41, 5.74) is -1.56. The molecule has 144 valence electrons. The number of carbonyl (C=O) groups is 2. The molecule has 2 aromatic rings. The average Bonchev–Trinajstić information content (AvgIpc) is 3.00. The molecule has 0 saturated heterocycles. The zero-order valence-electron chi connectivity index (χ0n) is 14.7. The van der Waals surface area contributed by atoms with Gasteiger partial charge in [-0.3, -0.25) is 4.79 Å².